The molecule has 0 spiro atoms. The molecule has 0 bridgehead atoms. The van der Waals surface area contributed by atoms with Crippen LogP contribution in [-0.2, 0) is 12.8 Å². The van der Waals surface area contributed by atoms with E-state index in [1.54, 1.807) is 11.3 Å². The summed E-state index contributed by atoms with van der Waals surface area (Å²) in [5.74, 6) is 0.247. The summed E-state index contributed by atoms with van der Waals surface area (Å²) in [6.45, 7) is 5.60. The molecule has 23 heavy (non-hydrogen) atoms. The molecule has 1 amide bonds. The summed E-state index contributed by atoms with van der Waals surface area (Å²) in [4.78, 5) is 19.8. The average molecular weight is 335 g/mol. The van der Waals surface area contributed by atoms with Gasteiger partial charge in [-0.15, -0.1) is 11.3 Å². The first kappa shape index (κ1) is 17.0. The molecule has 2 aliphatic rings. The summed E-state index contributed by atoms with van der Waals surface area (Å²) in [6, 6.07) is 2.61. The van der Waals surface area contributed by atoms with Crippen LogP contribution in [0.5, 0.6) is 0 Å². The zero-order valence-corrected chi connectivity index (χ0v) is 15.5. The van der Waals surface area contributed by atoms with Crippen molar-refractivity contribution in [2.45, 2.75) is 64.3 Å². The lowest BCUT2D eigenvalue weighted by atomic mass is 9.99. The van der Waals surface area contributed by atoms with Crippen molar-refractivity contribution in [2.75, 3.05) is 26.7 Å². The number of piperidine rings is 1. The molecular formula is C19H30N2OS. The van der Waals surface area contributed by atoms with Crippen LogP contribution < -0.4 is 0 Å². The zero-order valence-electron chi connectivity index (χ0n) is 14.6. The quantitative estimate of drug-likeness (QED) is 0.835. The van der Waals surface area contributed by atoms with Crippen LogP contribution >= 0.6 is 11.3 Å². The number of rotatable bonds is 3. The fraction of sp³-hybridized carbons (Fsp3) is 0.737. The van der Waals surface area contributed by atoms with Crippen LogP contribution in [0.25, 0.3) is 0 Å². The van der Waals surface area contributed by atoms with Gasteiger partial charge in [0.2, 0.25) is 0 Å². The molecule has 4 heteroatoms. The summed E-state index contributed by atoms with van der Waals surface area (Å²) in [5, 5.41) is 0. The highest BCUT2D eigenvalue weighted by atomic mass is 32.1. The molecule has 1 aliphatic heterocycles. The lowest BCUT2D eigenvalue weighted by Gasteiger charge is -2.36. The summed E-state index contributed by atoms with van der Waals surface area (Å²) >= 11 is 1.76. The van der Waals surface area contributed by atoms with Crippen molar-refractivity contribution in [2.24, 2.45) is 0 Å². The first-order chi connectivity index (χ1) is 11.2. The first-order valence-electron chi connectivity index (χ1n) is 9.30. The summed E-state index contributed by atoms with van der Waals surface area (Å²) in [7, 11) is 2.01. The Balaban J connectivity index is 1.66. The number of thiophene rings is 1. The van der Waals surface area contributed by atoms with Crippen LogP contribution in [0.2, 0.25) is 0 Å². The smallest absolute Gasteiger partial charge is 0.263 e. The second-order valence-corrected chi connectivity index (χ2v) is 8.19. The van der Waals surface area contributed by atoms with Gasteiger partial charge in [-0.25, -0.2) is 0 Å². The van der Waals surface area contributed by atoms with Crippen LogP contribution in [0.4, 0.5) is 0 Å². The number of fused-ring (bicyclic) bond motifs is 1. The Morgan fingerprint density at radius 1 is 1.22 bits per heavy atom. The van der Waals surface area contributed by atoms with E-state index in [1.807, 2.05) is 11.9 Å². The number of likely N-dealkylation sites (tertiary alicyclic amines) is 1. The van der Waals surface area contributed by atoms with Gasteiger partial charge in [0, 0.05) is 31.1 Å². The van der Waals surface area contributed by atoms with Crippen molar-refractivity contribution in [1.82, 2.24) is 9.80 Å². The molecule has 0 unspecified atom stereocenters. The molecule has 0 aromatic carbocycles. The third-order valence-electron chi connectivity index (χ3n) is 5.58. The second-order valence-electron chi connectivity index (χ2n) is 7.05. The molecule has 1 aliphatic carbocycles. The Morgan fingerprint density at radius 3 is 2.61 bits per heavy atom. The van der Waals surface area contributed by atoms with Gasteiger partial charge < -0.3 is 9.80 Å². The van der Waals surface area contributed by atoms with Gasteiger partial charge in [0.1, 0.15) is 0 Å². The highest BCUT2D eigenvalue weighted by Crippen LogP contribution is 2.30. The molecule has 0 N–H and O–H groups in total. The molecule has 0 radical (unpaired) electrons. The molecule has 2 heterocycles. The summed E-state index contributed by atoms with van der Waals surface area (Å²) in [5.41, 5.74) is 1.45. The molecule has 1 fully saturated rings. The Morgan fingerprint density at radius 2 is 1.91 bits per heavy atom. The minimum atomic E-state index is 0.247. The van der Waals surface area contributed by atoms with E-state index in [2.05, 4.69) is 17.9 Å². The maximum absolute atomic E-state index is 12.9. The molecule has 0 atom stereocenters. The Kier molecular flexibility index (Phi) is 5.76. The largest absolute Gasteiger partial charge is 0.338 e. The monoisotopic (exact) mass is 334 g/mol. The van der Waals surface area contributed by atoms with Gasteiger partial charge in [0.05, 0.1) is 4.88 Å². The lowest BCUT2D eigenvalue weighted by Crippen LogP contribution is -2.45. The van der Waals surface area contributed by atoms with E-state index in [0.29, 0.717) is 6.04 Å². The van der Waals surface area contributed by atoms with Gasteiger partial charge in [0.15, 0.2) is 0 Å². The number of hydrogen-bond donors (Lipinski definition) is 0. The van der Waals surface area contributed by atoms with E-state index in [-0.39, 0.29) is 5.91 Å². The van der Waals surface area contributed by atoms with Crippen molar-refractivity contribution in [3.05, 3.63) is 21.4 Å². The SMILES string of the molecule is CCN1CCC(N(C)C(=O)c2cc3c(s2)CCCCCC3)CC1. The summed E-state index contributed by atoms with van der Waals surface area (Å²) in [6.07, 6.45) is 9.81. The van der Waals surface area contributed by atoms with Crippen LogP contribution in [0, 0.1) is 0 Å². The molecule has 1 saturated heterocycles. The first-order valence-corrected chi connectivity index (χ1v) is 10.1. The Bertz CT molecular complexity index is 506. The molecule has 3 nitrogen and oxygen atoms in total. The van der Waals surface area contributed by atoms with Gasteiger partial charge in [-0.1, -0.05) is 19.8 Å². The molecule has 1 aromatic heterocycles. The van der Waals surface area contributed by atoms with E-state index in [0.717, 1.165) is 43.8 Å². The summed E-state index contributed by atoms with van der Waals surface area (Å²) < 4.78 is 0. The van der Waals surface area contributed by atoms with Crippen molar-refractivity contribution in [1.29, 1.82) is 0 Å². The van der Waals surface area contributed by atoms with E-state index >= 15 is 0 Å². The molecule has 0 saturated carbocycles. The number of carbonyl (C=O) groups is 1. The second kappa shape index (κ2) is 7.80. The van der Waals surface area contributed by atoms with Crippen molar-refractivity contribution in [3.63, 3.8) is 0 Å². The Hall–Kier alpha value is -0.870. The minimum Gasteiger partial charge on any atom is -0.338 e. The predicted octanol–water partition coefficient (Wildman–Crippen LogP) is 3.96. The normalized spacial score (nSPS) is 20.6. The van der Waals surface area contributed by atoms with Gasteiger partial charge >= 0.3 is 0 Å². The number of hydrogen-bond acceptors (Lipinski definition) is 3. The minimum absolute atomic E-state index is 0.247. The van der Waals surface area contributed by atoms with E-state index in [4.69, 9.17) is 0 Å². The molecule has 1 aromatic rings. The third-order valence-corrected chi connectivity index (χ3v) is 6.80. The van der Waals surface area contributed by atoms with Crippen molar-refractivity contribution >= 4 is 17.2 Å². The molecular weight excluding hydrogens is 304 g/mol. The van der Waals surface area contributed by atoms with Crippen LogP contribution in [0.1, 0.15) is 65.6 Å². The van der Waals surface area contributed by atoms with Crippen LogP contribution in [-0.4, -0.2) is 48.4 Å². The van der Waals surface area contributed by atoms with Crippen LogP contribution in [0.15, 0.2) is 6.07 Å². The van der Waals surface area contributed by atoms with Gasteiger partial charge in [-0.3, -0.25) is 4.79 Å². The molecule has 128 valence electrons. The number of aryl methyl sites for hydroxylation is 2. The van der Waals surface area contributed by atoms with E-state index in [9.17, 15) is 4.79 Å². The Labute approximate surface area is 144 Å². The maximum atomic E-state index is 12.9. The standard InChI is InChI=1S/C19H30N2OS/c1-3-21-12-10-16(11-13-21)20(2)19(22)18-14-15-8-6-4-5-7-9-17(15)23-18/h14,16H,3-13H2,1-2H3. The maximum Gasteiger partial charge on any atom is 0.263 e. The number of amides is 1. The fourth-order valence-electron chi connectivity index (χ4n) is 3.91. The third kappa shape index (κ3) is 3.97. The van der Waals surface area contributed by atoms with Crippen LogP contribution in [0.3, 0.4) is 0 Å². The van der Waals surface area contributed by atoms with Gasteiger partial charge in [-0.05, 0) is 56.7 Å². The number of carbonyl (C=O) groups excluding carboxylic acids is 1. The fourth-order valence-corrected chi connectivity index (χ4v) is 5.15. The van der Waals surface area contributed by atoms with Gasteiger partial charge in [0.25, 0.3) is 5.91 Å². The van der Waals surface area contributed by atoms with Crippen molar-refractivity contribution in [3.8, 4) is 0 Å². The molecule has 3 rings (SSSR count). The van der Waals surface area contributed by atoms with Crippen molar-refractivity contribution < 1.29 is 4.79 Å². The van der Waals surface area contributed by atoms with Gasteiger partial charge in [-0.2, -0.15) is 0 Å². The van der Waals surface area contributed by atoms with E-state index in [1.165, 1.54) is 42.5 Å². The average Bonchev–Trinajstić information content (AvgIpc) is 2.95. The van der Waals surface area contributed by atoms with E-state index < -0.39 is 0 Å². The predicted molar refractivity (Wildman–Crippen MR) is 97.4 cm³/mol. The number of nitrogens with zero attached hydrogens (tertiary/aromatic N) is 2. The lowest BCUT2D eigenvalue weighted by molar-refractivity contribution is 0.0651. The highest BCUT2D eigenvalue weighted by molar-refractivity contribution is 7.14. The topological polar surface area (TPSA) is 23.6 Å². The highest BCUT2D eigenvalue weighted by Gasteiger charge is 2.27. The zero-order chi connectivity index (χ0) is 16.2.